The molecule has 14 heavy (non-hydrogen) atoms. The maximum Gasteiger partial charge on any atom is 0.240 e. The van der Waals surface area contributed by atoms with Crippen LogP contribution in [0.25, 0.3) is 0 Å². The van der Waals surface area contributed by atoms with Gasteiger partial charge in [-0.25, -0.2) is 0 Å². The van der Waals surface area contributed by atoms with E-state index in [0.717, 1.165) is 0 Å². The summed E-state index contributed by atoms with van der Waals surface area (Å²) in [6.07, 6.45) is 1.18. The van der Waals surface area contributed by atoms with Crippen molar-refractivity contribution < 1.29 is 4.52 Å². The molecule has 2 unspecified atom stereocenters. The second kappa shape index (κ2) is 5.10. The van der Waals surface area contributed by atoms with Gasteiger partial charge in [0, 0.05) is 6.04 Å². The first-order valence-electron chi connectivity index (χ1n) is 5.16. The molecule has 0 fully saturated rings. The second-order valence-electron chi connectivity index (χ2n) is 3.79. The Kier molecular flexibility index (Phi) is 4.07. The first kappa shape index (κ1) is 11.2. The summed E-state index contributed by atoms with van der Waals surface area (Å²) in [5.74, 6) is 2.02. The van der Waals surface area contributed by atoms with Crippen LogP contribution in [0.2, 0.25) is 0 Å². The summed E-state index contributed by atoms with van der Waals surface area (Å²) in [4.78, 5) is 4.13. The van der Waals surface area contributed by atoms with Crippen LogP contribution in [0.1, 0.15) is 38.9 Å². The average Bonchev–Trinajstić information content (AvgIpc) is 2.59. The van der Waals surface area contributed by atoms with E-state index in [0.29, 0.717) is 30.2 Å². The maximum absolute atomic E-state index is 5.00. The van der Waals surface area contributed by atoms with Gasteiger partial charge in [-0.15, -0.1) is 0 Å². The Labute approximate surface area is 85.1 Å². The minimum absolute atomic E-state index is 0.479. The Bertz CT molecular complexity index is 272. The van der Waals surface area contributed by atoms with Crippen LogP contribution >= 0.6 is 0 Å². The molecule has 0 saturated heterocycles. The molecule has 1 aromatic rings. The lowest BCUT2D eigenvalue weighted by Crippen LogP contribution is -2.31. The number of hydrogen-bond donors (Lipinski definition) is 1. The SMILES string of the molecule is CCC(C)C(C)NCc1nc(C)no1. The average molecular weight is 197 g/mol. The molecule has 0 aliphatic rings. The third kappa shape index (κ3) is 3.10. The molecule has 4 heteroatoms. The molecule has 0 spiro atoms. The van der Waals surface area contributed by atoms with Crippen molar-refractivity contribution in [3.63, 3.8) is 0 Å². The maximum atomic E-state index is 5.00. The number of rotatable bonds is 5. The van der Waals surface area contributed by atoms with Gasteiger partial charge in [-0.3, -0.25) is 0 Å². The van der Waals surface area contributed by atoms with Crippen molar-refractivity contribution in [3.8, 4) is 0 Å². The zero-order valence-electron chi connectivity index (χ0n) is 9.37. The van der Waals surface area contributed by atoms with Crippen molar-refractivity contribution in [3.05, 3.63) is 11.7 Å². The van der Waals surface area contributed by atoms with Crippen molar-refractivity contribution in [2.45, 2.75) is 46.7 Å². The van der Waals surface area contributed by atoms with Gasteiger partial charge in [0.2, 0.25) is 5.89 Å². The Hall–Kier alpha value is -0.900. The Morgan fingerprint density at radius 3 is 2.64 bits per heavy atom. The lowest BCUT2D eigenvalue weighted by atomic mass is 10.0. The Morgan fingerprint density at radius 1 is 1.43 bits per heavy atom. The third-order valence-corrected chi connectivity index (χ3v) is 2.64. The predicted molar refractivity (Wildman–Crippen MR) is 54.8 cm³/mol. The van der Waals surface area contributed by atoms with Crippen molar-refractivity contribution in [2.24, 2.45) is 5.92 Å². The van der Waals surface area contributed by atoms with E-state index < -0.39 is 0 Å². The van der Waals surface area contributed by atoms with E-state index >= 15 is 0 Å². The fraction of sp³-hybridized carbons (Fsp3) is 0.800. The third-order valence-electron chi connectivity index (χ3n) is 2.64. The number of nitrogens with zero attached hydrogens (tertiary/aromatic N) is 2. The van der Waals surface area contributed by atoms with Crippen LogP contribution in [0.15, 0.2) is 4.52 Å². The normalized spacial score (nSPS) is 15.4. The van der Waals surface area contributed by atoms with Crippen LogP contribution in [-0.2, 0) is 6.54 Å². The highest BCUT2D eigenvalue weighted by atomic mass is 16.5. The van der Waals surface area contributed by atoms with Crippen molar-refractivity contribution >= 4 is 0 Å². The minimum Gasteiger partial charge on any atom is -0.338 e. The molecule has 0 aliphatic carbocycles. The van der Waals surface area contributed by atoms with Crippen LogP contribution in [0.3, 0.4) is 0 Å². The highest BCUT2D eigenvalue weighted by Crippen LogP contribution is 2.07. The second-order valence-corrected chi connectivity index (χ2v) is 3.79. The standard InChI is InChI=1S/C10H19N3O/c1-5-7(2)8(3)11-6-10-12-9(4)13-14-10/h7-8,11H,5-6H2,1-4H3. The molecule has 1 rings (SSSR count). The molecule has 0 aliphatic heterocycles. The zero-order chi connectivity index (χ0) is 10.6. The molecule has 0 bridgehead atoms. The molecule has 4 nitrogen and oxygen atoms in total. The summed E-state index contributed by atoms with van der Waals surface area (Å²) < 4.78 is 5.00. The van der Waals surface area contributed by atoms with Crippen LogP contribution in [0.5, 0.6) is 0 Å². The van der Waals surface area contributed by atoms with E-state index in [9.17, 15) is 0 Å². The quantitative estimate of drug-likeness (QED) is 0.783. The summed E-state index contributed by atoms with van der Waals surface area (Å²) in [7, 11) is 0. The van der Waals surface area contributed by atoms with E-state index in [1.165, 1.54) is 6.42 Å². The van der Waals surface area contributed by atoms with Gasteiger partial charge in [0.15, 0.2) is 5.82 Å². The van der Waals surface area contributed by atoms with Gasteiger partial charge in [0.05, 0.1) is 6.54 Å². The van der Waals surface area contributed by atoms with Crippen molar-refractivity contribution in [1.82, 2.24) is 15.5 Å². The van der Waals surface area contributed by atoms with Gasteiger partial charge in [0.1, 0.15) is 0 Å². The van der Waals surface area contributed by atoms with E-state index in [4.69, 9.17) is 4.52 Å². The number of aromatic nitrogens is 2. The summed E-state index contributed by atoms with van der Waals surface area (Å²) >= 11 is 0. The lowest BCUT2D eigenvalue weighted by Gasteiger charge is -2.18. The van der Waals surface area contributed by atoms with Crippen LogP contribution in [-0.4, -0.2) is 16.2 Å². The molecular weight excluding hydrogens is 178 g/mol. The molecule has 1 heterocycles. The van der Waals surface area contributed by atoms with E-state index in [-0.39, 0.29) is 0 Å². The molecule has 1 aromatic heterocycles. The van der Waals surface area contributed by atoms with E-state index in [1.54, 1.807) is 0 Å². The fourth-order valence-corrected chi connectivity index (χ4v) is 1.21. The largest absolute Gasteiger partial charge is 0.338 e. The summed E-state index contributed by atoms with van der Waals surface area (Å²) in [5, 5.41) is 7.10. The van der Waals surface area contributed by atoms with Crippen LogP contribution in [0.4, 0.5) is 0 Å². The van der Waals surface area contributed by atoms with E-state index in [2.05, 4.69) is 36.2 Å². The van der Waals surface area contributed by atoms with Gasteiger partial charge in [-0.05, 0) is 19.8 Å². The summed E-state index contributed by atoms with van der Waals surface area (Å²) in [6, 6.07) is 0.479. The first-order chi connectivity index (χ1) is 6.63. The Balaban J connectivity index is 2.33. The molecule has 0 amide bonds. The molecule has 0 radical (unpaired) electrons. The minimum atomic E-state index is 0.479. The van der Waals surface area contributed by atoms with Gasteiger partial charge in [-0.2, -0.15) is 4.98 Å². The smallest absolute Gasteiger partial charge is 0.240 e. The Morgan fingerprint density at radius 2 is 2.14 bits per heavy atom. The highest BCUT2D eigenvalue weighted by molar-refractivity contribution is 4.83. The zero-order valence-corrected chi connectivity index (χ0v) is 9.37. The number of nitrogens with one attached hydrogen (secondary N) is 1. The molecule has 0 saturated carbocycles. The topological polar surface area (TPSA) is 51.0 Å². The first-order valence-corrected chi connectivity index (χ1v) is 5.16. The lowest BCUT2D eigenvalue weighted by molar-refractivity contribution is 0.331. The summed E-state index contributed by atoms with van der Waals surface area (Å²) in [6.45, 7) is 9.09. The van der Waals surface area contributed by atoms with Crippen molar-refractivity contribution in [1.29, 1.82) is 0 Å². The molecular formula is C10H19N3O. The van der Waals surface area contributed by atoms with Gasteiger partial charge in [-0.1, -0.05) is 25.4 Å². The molecule has 0 aromatic carbocycles. The van der Waals surface area contributed by atoms with Gasteiger partial charge in [0.25, 0.3) is 0 Å². The molecule has 80 valence electrons. The van der Waals surface area contributed by atoms with E-state index in [1.807, 2.05) is 6.92 Å². The monoisotopic (exact) mass is 197 g/mol. The fourth-order valence-electron chi connectivity index (χ4n) is 1.21. The number of aryl methyl sites for hydroxylation is 1. The van der Waals surface area contributed by atoms with Gasteiger partial charge >= 0.3 is 0 Å². The number of hydrogen-bond acceptors (Lipinski definition) is 4. The highest BCUT2D eigenvalue weighted by Gasteiger charge is 2.10. The van der Waals surface area contributed by atoms with Crippen molar-refractivity contribution in [2.75, 3.05) is 0 Å². The molecule has 1 N–H and O–H groups in total. The van der Waals surface area contributed by atoms with Crippen LogP contribution < -0.4 is 5.32 Å². The van der Waals surface area contributed by atoms with Crippen LogP contribution in [0, 0.1) is 12.8 Å². The molecule has 2 atom stereocenters. The summed E-state index contributed by atoms with van der Waals surface area (Å²) in [5.41, 5.74) is 0. The predicted octanol–water partition coefficient (Wildman–Crippen LogP) is 1.90. The van der Waals surface area contributed by atoms with Gasteiger partial charge < -0.3 is 9.84 Å².